The Hall–Kier alpha value is -1.61. The second-order valence-electron chi connectivity index (χ2n) is 3.42. The molecule has 0 aliphatic carbocycles. The number of aromatic carboxylic acids is 1. The number of hydrogen-bond donors (Lipinski definition) is 1. The van der Waals surface area contributed by atoms with Crippen LogP contribution in [0.25, 0.3) is 10.8 Å². The predicted molar refractivity (Wildman–Crippen MR) is 63.1 cm³/mol. The van der Waals surface area contributed by atoms with Crippen molar-refractivity contribution in [2.24, 2.45) is 0 Å². The second-order valence-corrected chi connectivity index (χ2v) is 3.80. The smallest absolute Gasteiger partial charge is 0.355 e. The Morgan fingerprint density at radius 3 is 2.62 bits per heavy atom. The highest BCUT2D eigenvalue weighted by molar-refractivity contribution is 6.18. The van der Waals surface area contributed by atoms with Crippen molar-refractivity contribution in [3.05, 3.63) is 41.7 Å². The normalized spacial score (nSPS) is 10.6. The summed E-state index contributed by atoms with van der Waals surface area (Å²) in [4.78, 5) is 15.0. The zero-order chi connectivity index (χ0) is 11.5. The molecule has 0 fully saturated rings. The van der Waals surface area contributed by atoms with Gasteiger partial charge >= 0.3 is 5.97 Å². The zero-order valence-corrected chi connectivity index (χ0v) is 9.24. The number of pyridine rings is 1. The molecule has 0 unspecified atom stereocenters. The van der Waals surface area contributed by atoms with Crippen molar-refractivity contribution in [3.63, 3.8) is 0 Å². The van der Waals surface area contributed by atoms with E-state index in [4.69, 9.17) is 16.7 Å². The number of halogens is 1. The number of hydrogen-bond acceptors (Lipinski definition) is 2. The third-order valence-electron chi connectivity index (χ3n) is 2.44. The molecule has 3 nitrogen and oxygen atoms in total. The maximum atomic E-state index is 11.0. The third-order valence-corrected chi connectivity index (χ3v) is 2.63. The number of carboxylic acids is 1. The van der Waals surface area contributed by atoms with Gasteiger partial charge in [0.1, 0.15) is 0 Å². The molecule has 0 amide bonds. The van der Waals surface area contributed by atoms with Gasteiger partial charge < -0.3 is 5.11 Å². The fourth-order valence-corrected chi connectivity index (χ4v) is 1.93. The van der Waals surface area contributed by atoms with Crippen molar-refractivity contribution in [2.45, 2.75) is 6.42 Å². The molecule has 82 valence electrons. The highest BCUT2D eigenvalue weighted by atomic mass is 35.5. The molecule has 4 heteroatoms. The lowest BCUT2D eigenvalue weighted by Gasteiger charge is -2.06. The molecule has 0 spiro atoms. The molecule has 0 atom stereocenters. The van der Waals surface area contributed by atoms with Crippen LogP contribution in [0.1, 0.15) is 16.1 Å². The van der Waals surface area contributed by atoms with Gasteiger partial charge in [-0.15, -0.1) is 11.6 Å². The topological polar surface area (TPSA) is 50.2 Å². The number of aryl methyl sites for hydroxylation is 1. The highest BCUT2D eigenvalue weighted by Crippen LogP contribution is 2.21. The van der Waals surface area contributed by atoms with Gasteiger partial charge in [0.2, 0.25) is 0 Å². The molecule has 1 aromatic heterocycles. The van der Waals surface area contributed by atoms with E-state index in [1.807, 2.05) is 12.1 Å². The van der Waals surface area contributed by atoms with Crippen LogP contribution >= 0.6 is 11.6 Å². The summed E-state index contributed by atoms with van der Waals surface area (Å²) in [5.41, 5.74) is 1.07. The van der Waals surface area contributed by atoms with Crippen LogP contribution in [-0.2, 0) is 6.42 Å². The van der Waals surface area contributed by atoms with E-state index in [0.29, 0.717) is 17.7 Å². The molecule has 0 bridgehead atoms. The largest absolute Gasteiger partial charge is 0.476 e. The van der Waals surface area contributed by atoms with Crippen molar-refractivity contribution < 1.29 is 9.90 Å². The summed E-state index contributed by atoms with van der Waals surface area (Å²) in [6.07, 6.45) is 2.28. The van der Waals surface area contributed by atoms with Crippen LogP contribution in [0.15, 0.2) is 30.5 Å². The van der Waals surface area contributed by atoms with Crippen molar-refractivity contribution in [2.75, 3.05) is 5.88 Å². The van der Waals surface area contributed by atoms with Crippen molar-refractivity contribution in [1.82, 2.24) is 4.98 Å². The van der Waals surface area contributed by atoms with Crippen LogP contribution in [0.4, 0.5) is 0 Å². The maximum absolute atomic E-state index is 11.0. The number of fused-ring (bicyclic) bond motifs is 1. The minimum Gasteiger partial charge on any atom is -0.476 e. The van der Waals surface area contributed by atoms with Gasteiger partial charge in [-0.1, -0.05) is 24.3 Å². The van der Waals surface area contributed by atoms with Crippen LogP contribution in [0.2, 0.25) is 0 Å². The van der Waals surface area contributed by atoms with E-state index in [1.165, 1.54) is 0 Å². The number of carbonyl (C=O) groups is 1. The zero-order valence-electron chi connectivity index (χ0n) is 8.48. The maximum Gasteiger partial charge on any atom is 0.355 e. The van der Waals surface area contributed by atoms with E-state index in [9.17, 15) is 4.79 Å². The van der Waals surface area contributed by atoms with Gasteiger partial charge in [-0.3, -0.25) is 0 Å². The molecule has 16 heavy (non-hydrogen) atoms. The van der Waals surface area contributed by atoms with E-state index in [0.717, 1.165) is 10.9 Å². The Balaban J connectivity index is 2.71. The number of alkyl halides is 1. The number of carboxylic acid groups (broad SMARTS) is 1. The first-order valence-electron chi connectivity index (χ1n) is 4.90. The number of nitrogens with zero attached hydrogens (tertiary/aromatic N) is 1. The Morgan fingerprint density at radius 2 is 2.00 bits per heavy atom. The average molecular weight is 236 g/mol. The van der Waals surface area contributed by atoms with Crippen LogP contribution in [0.3, 0.4) is 0 Å². The highest BCUT2D eigenvalue weighted by Gasteiger charge is 2.11. The van der Waals surface area contributed by atoms with Crippen molar-refractivity contribution in [1.29, 1.82) is 0 Å². The van der Waals surface area contributed by atoms with Gasteiger partial charge in [0.05, 0.1) is 0 Å². The Morgan fingerprint density at radius 1 is 1.31 bits per heavy atom. The molecule has 0 saturated heterocycles. The lowest BCUT2D eigenvalue weighted by atomic mass is 10.0. The van der Waals surface area contributed by atoms with Crippen LogP contribution in [-0.4, -0.2) is 21.9 Å². The first-order chi connectivity index (χ1) is 7.74. The number of benzene rings is 1. The summed E-state index contributed by atoms with van der Waals surface area (Å²) in [5, 5.41) is 10.6. The van der Waals surface area contributed by atoms with Crippen LogP contribution in [0.5, 0.6) is 0 Å². The van der Waals surface area contributed by atoms with Crippen molar-refractivity contribution >= 4 is 28.3 Å². The van der Waals surface area contributed by atoms with Crippen molar-refractivity contribution in [3.8, 4) is 0 Å². The van der Waals surface area contributed by atoms with E-state index in [-0.39, 0.29) is 5.69 Å². The molecule has 2 rings (SSSR count). The molecule has 0 saturated carbocycles. The first kappa shape index (κ1) is 10.9. The summed E-state index contributed by atoms with van der Waals surface area (Å²) in [6, 6.07) is 7.35. The molecule has 2 aromatic rings. The van der Waals surface area contributed by atoms with E-state index in [1.54, 1.807) is 18.3 Å². The Labute approximate surface area is 97.7 Å². The molecule has 0 aliphatic heterocycles. The molecular formula is C12H10ClNO2. The second kappa shape index (κ2) is 4.49. The Bertz CT molecular complexity index is 540. The lowest BCUT2D eigenvalue weighted by molar-refractivity contribution is 0.0693. The van der Waals surface area contributed by atoms with Crippen LogP contribution < -0.4 is 0 Å². The van der Waals surface area contributed by atoms with E-state index < -0.39 is 5.97 Å². The molecule has 1 N–H and O–H groups in total. The monoisotopic (exact) mass is 235 g/mol. The quantitative estimate of drug-likeness (QED) is 0.833. The van der Waals surface area contributed by atoms with Gasteiger partial charge in [-0.05, 0) is 17.4 Å². The minimum atomic E-state index is -1.01. The Kier molecular flexibility index (Phi) is 3.06. The number of aromatic nitrogens is 1. The summed E-state index contributed by atoms with van der Waals surface area (Å²) in [5.74, 6) is -0.508. The molecule has 0 radical (unpaired) electrons. The van der Waals surface area contributed by atoms with E-state index >= 15 is 0 Å². The summed E-state index contributed by atoms with van der Waals surface area (Å²) < 4.78 is 0. The third kappa shape index (κ3) is 1.86. The summed E-state index contributed by atoms with van der Waals surface area (Å²) >= 11 is 5.69. The fraction of sp³-hybridized carbons (Fsp3) is 0.167. The standard InChI is InChI=1S/C12H10ClNO2/c13-6-5-8-7-14-11(12(15)16)10-4-2-1-3-9(8)10/h1-4,7H,5-6H2,(H,15,16). The van der Waals surface area contributed by atoms with Gasteiger partial charge in [0.25, 0.3) is 0 Å². The SMILES string of the molecule is O=C(O)c1ncc(CCCl)c2ccccc12. The van der Waals surface area contributed by atoms with Crippen LogP contribution in [0, 0.1) is 0 Å². The van der Waals surface area contributed by atoms with Gasteiger partial charge in [0.15, 0.2) is 5.69 Å². The van der Waals surface area contributed by atoms with E-state index in [2.05, 4.69) is 4.98 Å². The summed E-state index contributed by atoms with van der Waals surface area (Å²) in [7, 11) is 0. The first-order valence-corrected chi connectivity index (χ1v) is 5.43. The summed E-state index contributed by atoms with van der Waals surface area (Å²) in [6.45, 7) is 0. The lowest BCUT2D eigenvalue weighted by Crippen LogP contribution is -2.03. The van der Waals surface area contributed by atoms with Gasteiger partial charge in [-0.25, -0.2) is 9.78 Å². The molecule has 1 heterocycles. The average Bonchev–Trinajstić information content (AvgIpc) is 2.29. The number of rotatable bonds is 3. The minimum absolute atomic E-state index is 0.0916. The van der Waals surface area contributed by atoms with Gasteiger partial charge in [-0.2, -0.15) is 0 Å². The predicted octanol–water partition coefficient (Wildman–Crippen LogP) is 2.71. The van der Waals surface area contributed by atoms with Gasteiger partial charge in [0, 0.05) is 17.5 Å². The molecular weight excluding hydrogens is 226 g/mol. The molecule has 0 aliphatic rings. The molecule has 1 aromatic carbocycles. The fourth-order valence-electron chi connectivity index (χ4n) is 1.72.